The lowest BCUT2D eigenvalue weighted by Crippen LogP contribution is -2.44. The molecule has 0 spiro atoms. The van der Waals surface area contributed by atoms with E-state index in [1.807, 2.05) is 0 Å². The molecule has 0 aromatic heterocycles. The molecule has 19 heavy (non-hydrogen) atoms. The fraction of sp³-hybridized carbons (Fsp3) is 0.929. The fourth-order valence-corrected chi connectivity index (χ4v) is 2.81. The fourth-order valence-electron chi connectivity index (χ4n) is 1.78. The Balaban J connectivity index is 2.43. The summed E-state index contributed by atoms with van der Waals surface area (Å²) in [4.78, 5) is 10.9. The maximum Gasteiger partial charge on any atom is 0.304 e. The van der Waals surface area contributed by atoms with Crippen LogP contribution in [0.4, 0.5) is 0 Å². The summed E-state index contributed by atoms with van der Waals surface area (Å²) in [5.74, 6) is -0.282. The van der Waals surface area contributed by atoms with Crippen LogP contribution >= 0.6 is 0 Å². The Morgan fingerprint density at radius 1 is 1.32 bits per heavy atom. The first-order chi connectivity index (χ1) is 8.62. The van der Waals surface area contributed by atoms with Gasteiger partial charge in [-0.05, 0) is 31.0 Å². The SMILES string of the molecule is CC(=O)OC1CCC[C@@H](CO[Si](C)(C)C(C)(C)C)O1. The lowest BCUT2D eigenvalue weighted by molar-refractivity contribution is -0.204. The molecule has 1 rings (SSSR count). The van der Waals surface area contributed by atoms with E-state index in [9.17, 15) is 4.79 Å². The van der Waals surface area contributed by atoms with Crippen molar-refractivity contribution in [3.63, 3.8) is 0 Å². The van der Waals surface area contributed by atoms with E-state index in [1.165, 1.54) is 6.92 Å². The molecule has 4 nitrogen and oxygen atoms in total. The van der Waals surface area contributed by atoms with Crippen LogP contribution in [0, 0.1) is 0 Å². The van der Waals surface area contributed by atoms with Crippen LogP contribution in [-0.4, -0.2) is 33.3 Å². The number of esters is 1. The molecular formula is C14H28O4Si. The summed E-state index contributed by atoms with van der Waals surface area (Å²) in [6.45, 7) is 13.2. The molecule has 112 valence electrons. The Bertz CT molecular complexity index is 309. The molecule has 1 saturated heterocycles. The summed E-state index contributed by atoms with van der Waals surface area (Å²) in [6.07, 6.45) is 2.44. The minimum atomic E-state index is -1.73. The van der Waals surface area contributed by atoms with Gasteiger partial charge in [0.05, 0.1) is 12.7 Å². The third-order valence-electron chi connectivity index (χ3n) is 4.04. The van der Waals surface area contributed by atoms with E-state index >= 15 is 0 Å². The zero-order valence-corrected chi connectivity index (χ0v) is 14.1. The van der Waals surface area contributed by atoms with E-state index in [2.05, 4.69) is 33.9 Å². The molecule has 0 saturated carbocycles. The molecule has 1 aliphatic rings. The van der Waals surface area contributed by atoms with Gasteiger partial charge in [0.2, 0.25) is 6.29 Å². The normalized spacial score (nSPS) is 25.2. The predicted octanol–water partition coefficient (Wildman–Crippen LogP) is 3.47. The van der Waals surface area contributed by atoms with Crippen molar-refractivity contribution in [3.8, 4) is 0 Å². The Labute approximate surface area is 117 Å². The van der Waals surface area contributed by atoms with E-state index in [0.717, 1.165) is 19.3 Å². The summed E-state index contributed by atoms with van der Waals surface area (Å²) >= 11 is 0. The third kappa shape index (κ3) is 5.24. The van der Waals surface area contributed by atoms with E-state index < -0.39 is 8.32 Å². The highest BCUT2D eigenvalue weighted by Gasteiger charge is 2.38. The van der Waals surface area contributed by atoms with Crippen LogP contribution < -0.4 is 0 Å². The van der Waals surface area contributed by atoms with Gasteiger partial charge in [0.25, 0.3) is 0 Å². The second-order valence-corrected chi connectivity index (χ2v) is 11.6. The highest BCUT2D eigenvalue weighted by Crippen LogP contribution is 2.37. The molecule has 1 heterocycles. The van der Waals surface area contributed by atoms with E-state index in [0.29, 0.717) is 6.61 Å². The summed E-state index contributed by atoms with van der Waals surface area (Å²) in [5, 5.41) is 0.205. The third-order valence-corrected chi connectivity index (χ3v) is 8.54. The molecule has 0 radical (unpaired) electrons. The van der Waals surface area contributed by atoms with Crippen molar-refractivity contribution in [1.29, 1.82) is 0 Å². The lowest BCUT2D eigenvalue weighted by Gasteiger charge is -2.38. The average molecular weight is 288 g/mol. The van der Waals surface area contributed by atoms with Crippen molar-refractivity contribution in [3.05, 3.63) is 0 Å². The van der Waals surface area contributed by atoms with Crippen molar-refractivity contribution in [2.24, 2.45) is 0 Å². The van der Waals surface area contributed by atoms with E-state index in [4.69, 9.17) is 13.9 Å². The van der Waals surface area contributed by atoms with Crippen molar-refractivity contribution in [2.45, 2.75) is 77.5 Å². The number of hydrogen-bond acceptors (Lipinski definition) is 4. The monoisotopic (exact) mass is 288 g/mol. The molecule has 5 heteroatoms. The van der Waals surface area contributed by atoms with Gasteiger partial charge in [0.15, 0.2) is 8.32 Å². The Kier molecular flexibility index (Phi) is 5.59. The molecule has 0 aliphatic carbocycles. The molecule has 0 bridgehead atoms. The number of ether oxygens (including phenoxy) is 2. The van der Waals surface area contributed by atoms with Gasteiger partial charge in [-0.15, -0.1) is 0 Å². The summed E-state index contributed by atoms with van der Waals surface area (Å²) in [5.41, 5.74) is 0. The van der Waals surface area contributed by atoms with Crippen LogP contribution in [0.5, 0.6) is 0 Å². The van der Waals surface area contributed by atoms with Gasteiger partial charge < -0.3 is 13.9 Å². The van der Waals surface area contributed by atoms with E-state index in [1.54, 1.807) is 0 Å². The maximum atomic E-state index is 10.9. The van der Waals surface area contributed by atoms with Gasteiger partial charge in [0.1, 0.15) is 0 Å². The molecule has 0 aromatic rings. The van der Waals surface area contributed by atoms with Crippen LogP contribution in [0.1, 0.15) is 47.0 Å². The van der Waals surface area contributed by atoms with Crippen molar-refractivity contribution in [2.75, 3.05) is 6.61 Å². The highest BCUT2D eigenvalue weighted by molar-refractivity contribution is 6.74. The zero-order valence-electron chi connectivity index (χ0n) is 13.1. The molecule has 1 aliphatic heterocycles. The van der Waals surface area contributed by atoms with Gasteiger partial charge >= 0.3 is 5.97 Å². The largest absolute Gasteiger partial charge is 0.436 e. The average Bonchev–Trinajstić information content (AvgIpc) is 2.24. The van der Waals surface area contributed by atoms with Gasteiger partial charge in [0, 0.05) is 13.3 Å². The number of rotatable bonds is 4. The van der Waals surface area contributed by atoms with Gasteiger partial charge in [-0.3, -0.25) is 4.79 Å². The molecular weight excluding hydrogens is 260 g/mol. The predicted molar refractivity (Wildman–Crippen MR) is 77.4 cm³/mol. The second kappa shape index (κ2) is 6.37. The standard InChI is InChI=1S/C14H28O4Si/c1-11(15)17-13-9-7-8-12(18-13)10-16-19(5,6)14(2,3)4/h12-13H,7-10H2,1-6H3/t12-,13?/m0/s1. The number of hydrogen-bond donors (Lipinski definition) is 0. The first kappa shape index (κ1) is 16.7. The second-order valence-electron chi connectivity index (χ2n) is 6.80. The van der Waals surface area contributed by atoms with Crippen LogP contribution in [0.2, 0.25) is 18.1 Å². The molecule has 1 fully saturated rings. The van der Waals surface area contributed by atoms with Crippen LogP contribution in [0.25, 0.3) is 0 Å². The Hall–Kier alpha value is -0.393. The summed E-state index contributed by atoms with van der Waals surface area (Å²) in [7, 11) is -1.73. The van der Waals surface area contributed by atoms with Crippen molar-refractivity contribution in [1.82, 2.24) is 0 Å². The number of carbonyl (C=O) groups excluding carboxylic acids is 1. The quantitative estimate of drug-likeness (QED) is 0.587. The smallest absolute Gasteiger partial charge is 0.304 e. The maximum absolute atomic E-state index is 10.9. The minimum absolute atomic E-state index is 0.0484. The highest BCUT2D eigenvalue weighted by atomic mass is 28.4. The zero-order chi connectivity index (χ0) is 14.7. The Morgan fingerprint density at radius 3 is 2.47 bits per heavy atom. The first-order valence-electron chi connectivity index (χ1n) is 7.08. The molecule has 1 unspecified atom stereocenters. The Morgan fingerprint density at radius 2 is 1.95 bits per heavy atom. The van der Waals surface area contributed by atoms with Crippen LogP contribution in [0.15, 0.2) is 0 Å². The lowest BCUT2D eigenvalue weighted by atomic mass is 10.1. The van der Waals surface area contributed by atoms with Crippen LogP contribution in [-0.2, 0) is 18.7 Å². The van der Waals surface area contributed by atoms with Crippen LogP contribution in [0.3, 0.4) is 0 Å². The van der Waals surface area contributed by atoms with Gasteiger partial charge in [-0.25, -0.2) is 0 Å². The number of carbonyl (C=O) groups is 1. The topological polar surface area (TPSA) is 44.8 Å². The molecule has 0 N–H and O–H groups in total. The summed E-state index contributed by atoms with van der Waals surface area (Å²) < 4.78 is 17.0. The van der Waals surface area contributed by atoms with Crippen molar-refractivity contribution < 1.29 is 18.7 Å². The molecule has 0 aromatic carbocycles. The first-order valence-corrected chi connectivity index (χ1v) is 9.99. The molecule has 2 atom stereocenters. The van der Waals surface area contributed by atoms with E-state index in [-0.39, 0.29) is 23.4 Å². The van der Waals surface area contributed by atoms with Gasteiger partial charge in [-0.2, -0.15) is 0 Å². The van der Waals surface area contributed by atoms with Crippen molar-refractivity contribution >= 4 is 14.3 Å². The van der Waals surface area contributed by atoms with Gasteiger partial charge in [-0.1, -0.05) is 20.8 Å². The minimum Gasteiger partial charge on any atom is -0.436 e. The summed E-state index contributed by atoms with van der Waals surface area (Å²) in [6, 6.07) is 0. The molecule has 0 amide bonds.